The molecule has 1 amide bonds. The van der Waals surface area contributed by atoms with Gasteiger partial charge in [-0.3, -0.25) is 14.5 Å². The van der Waals surface area contributed by atoms with Crippen molar-refractivity contribution >= 4 is 23.5 Å². The maximum Gasteiger partial charge on any atom is 0.305 e. The second kappa shape index (κ2) is 10.8. The van der Waals surface area contributed by atoms with E-state index in [2.05, 4.69) is 9.47 Å². The van der Waals surface area contributed by atoms with Gasteiger partial charge < -0.3 is 19.8 Å². The molecular formula is C23H30ClN3O4. The number of morpholine rings is 1. The number of methoxy groups -OCH3 is 1. The summed E-state index contributed by atoms with van der Waals surface area (Å²) in [5.74, 6) is -0.768. The summed E-state index contributed by atoms with van der Waals surface area (Å²) in [6.45, 7) is 6.98. The minimum Gasteiger partial charge on any atom is -0.469 e. The van der Waals surface area contributed by atoms with Crippen molar-refractivity contribution in [3.8, 4) is 11.1 Å². The Bertz CT molecular complexity index is 918. The summed E-state index contributed by atoms with van der Waals surface area (Å²) in [6.07, 6.45) is 1.59. The Hall–Kier alpha value is -2.35. The van der Waals surface area contributed by atoms with Crippen LogP contribution in [-0.2, 0) is 27.2 Å². The molecule has 1 fully saturated rings. The molecule has 0 unspecified atom stereocenters. The van der Waals surface area contributed by atoms with Crippen LogP contribution in [0.15, 0.2) is 24.3 Å². The van der Waals surface area contributed by atoms with Gasteiger partial charge in [-0.05, 0) is 37.5 Å². The highest BCUT2D eigenvalue weighted by molar-refractivity contribution is 6.30. The number of nitrogens with two attached hydrogens (primary N) is 1. The highest BCUT2D eigenvalue weighted by atomic mass is 35.5. The highest BCUT2D eigenvalue weighted by Gasteiger charge is 2.25. The first kappa shape index (κ1) is 23.3. The van der Waals surface area contributed by atoms with Gasteiger partial charge in [0.15, 0.2) is 0 Å². The van der Waals surface area contributed by atoms with Crippen molar-refractivity contribution in [3.05, 3.63) is 46.2 Å². The fourth-order valence-electron chi connectivity index (χ4n) is 4.19. The standard InChI is InChI=1S/C23H30ClN3O4/c1-16-21(23(25)29)22(17-4-6-18(24)7-5-17)19(8-9-20(28)30-2)27(16)11-3-10-26-12-14-31-15-13-26/h4-7H,3,8-15H2,1-2H3,(H2,25,29). The number of rotatable bonds is 9. The van der Waals surface area contributed by atoms with E-state index in [9.17, 15) is 9.59 Å². The number of nitrogens with zero attached hydrogens (tertiary/aromatic N) is 2. The lowest BCUT2D eigenvalue weighted by Gasteiger charge is -2.26. The third-order valence-corrected chi connectivity index (χ3v) is 6.02. The molecule has 0 atom stereocenters. The number of benzene rings is 1. The van der Waals surface area contributed by atoms with Gasteiger partial charge in [-0.2, -0.15) is 0 Å². The van der Waals surface area contributed by atoms with E-state index in [0.29, 0.717) is 17.0 Å². The zero-order chi connectivity index (χ0) is 22.4. The molecule has 2 N–H and O–H groups in total. The number of primary amides is 1. The van der Waals surface area contributed by atoms with Crippen molar-refractivity contribution in [3.63, 3.8) is 0 Å². The molecule has 3 rings (SSSR count). The van der Waals surface area contributed by atoms with E-state index < -0.39 is 5.91 Å². The fraction of sp³-hybridized carbons (Fsp3) is 0.478. The van der Waals surface area contributed by atoms with Crippen molar-refractivity contribution in [1.82, 2.24) is 9.47 Å². The van der Waals surface area contributed by atoms with Crippen LogP contribution in [0, 0.1) is 6.92 Å². The molecule has 8 heteroatoms. The van der Waals surface area contributed by atoms with Gasteiger partial charge in [0.1, 0.15) is 0 Å². The normalized spacial score (nSPS) is 14.5. The maximum absolute atomic E-state index is 12.4. The smallest absolute Gasteiger partial charge is 0.305 e. The van der Waals surface area contributed by atoms with Gasteiger partial charge in [-0.25, -0.2) is 0 Å². The molecule has 0 radical (unpaired) electrons. The Morgan fingerprint density at radius 3 is 2.45 bits per heavy atom. The lowest BCUT2D eigenvalue weighted by molar-refractivity contribution is -0.140. The SMILES string of the molecule is COC(=O)CCc1c(-c2ccc(Cl)cc2)c(C(N)=O)c(C)n1CCCN1CCOCC1. The molecule has 2 aromatic rings. The quantitative estimate of drug-likeness (QED) is 0.597. The van der Waals surface area contributed by atoms with Crippen molar-refractivity contribution in [2.45, 2.75) is 32.7 Å². The zero-order valence-corrected chi connectivity index (χ0v) is 18.9. The second-order valence-corrected chi connectivity index (χ2v) is 8.13. The lowest BCUT2D eigenvalue weighted by Crippen LogP contribution is -2.37. The van der Waals surface area contributed by atoms with E-state index in [-0.39, 0.29) is 12.4 Å². The van der Waals surface area contributed by atoms with Crippen LogP contribution in [0.3, 0.4) is 0 Å². The average molecular weight is 448 g/mol. The molecule has 168 valence electrons. The maximum atomic E-state index is 12.4. The molecule has 1 aliphatic heterocycles. The van der Waals surface area contributed by atoms with Crippen molar-refractivity contribution in [1.29, 1.82) is 0 Å². The molecule has 0 spiro atoms. The number of carbonyl (C=O) groups excluding carboxylic acids is 2. The Kier molecular flexibility index (Phi) is 8.12. The van der Waals surface area contributed by atoms with Crippen LogP contribution in [0.4, 0.5) is 0 Å². The van der Waals surface area contributed by atoms with Gasteiger partial charge in [-0.15, -0.1) is 0 Å². The summed E-state index contributed by atoms with van der Waals surface area (Å²) >= 11 is 6.07. The Morgan fingerprint density at radius 1 is 1.16 bits per heavy atom. The number of carbonyl (C=O) groups is 2. The molecule has 0 aliphatic carbocycles. The number of hydrogen-bond donors (Lipinski definition) is 1. The first-order valence-corrected chi connectivity index (χ1v) is 10.9. The minimum absolute atomic E-state index is 0.224. The summed E-state index contributed by atoms with van der Waals surface area (Å²) < 4.78 is 12.4. The van der Waals surface area contributed by atoms with Gasteiger partial charge >= 0.3 is 5.97 Å². The van der Waals surface area contributed by atoms with Crippen LogP contribution in [0.2, 0.25) is 5.02 Å². The molecule has 0 saturated carbocycles. The minimum atomic E-state index is -0.478. The summed E-state index contributed by atoms with van der Waals surface area (Å²) in [4.78, 5) is 26.7. The van der Waals surface area contributed by atoms with E-state index in [1.54, 1.807) is 12.1 Å². The molecule has 1 aromatic heterocycles. The van der Waals surface area contributed by atoms with Crippen LogP contribution in [-0.4, -0.2) is 61.3 Å². The fourth-order valence-corrected chi connectivity index (χ4v) is 4.31. The van der Waals surface area contributed by atoms with Crippen LogP contribution >= 0.6 is 11.6 Å². The number of hydrogen-bond acceptors (Lipinski definition) is 5. The predicted molar refractivity (Wildman–Crippen MR) is 120 cm³/mol. The molecular weight excluding hydrogens is 418 g/mol. The summed E-state index contributed by atoms with van der Waals surface area (Å²) in [5, 5.41) is 0.613. The Balaban J connectivity index is 1.96. The largest absolute Gasteiger partial charge is 0.469 e. The van der Waals surface area contributed by atoms with E-state index in [1.807, 2.05) is 19.1 Å². The van der Waals surface area contributed by atoms with Crippen LogP contribution in [0.1, 0.15) is 34.6 Å². The first-order chi connectivity index (χ1) is 14.9. The van der Waals surface area contributed by atoms with E-state index >= 15 is 0 Å². The topological polar surface area (TPSA) is 86.8 Å². The number of amides is 1. The van der Waals surface area contributed by atoms with Crippen molar-refractivity contribution in [2.75, 3.05) is 40.0 Å². The third-order valence-electron chi connectivity index (χ3n) is 5.76. The number of aromatic nitrogens is 1. The molecule has 1 saturated heterocycles. The van der Waals surface area contributed by atoms with Crippen LogP contribution in [0.25, 0.3) is 11.1 Å². The van der Waals surface area contributed by atoms with E-state index in [1.165, 1.54) is 7.11 Å². The van der Waals surface area contributed by atoms with Crippen LogP contribution < -0.4 is 5.73 Å². The summed E-state index contributed by atoms with van der Waals surface area (Å²) in [7, 11) is 1.38. The monoisotopic (exact) mass is 447 g/mol. The molecule has 0 bridgehead atoms. The Labute approximate surface area is 188 Å². The van der Waals surface area contributed by atoms with Gasteiger partial charge in [0.05, 0.1) is 32.3 Å². The van der Waals surface area contributed by atoms with Gasteiger partial charge in [0, 0.05) is 48.2 Å². The predicted octanol–water partition coefficient (Wildman–Crippen LogP) is 3.04. The molecule has 1 aromatic carbocycles. The third kappa shape index (κ3) is 5.67. The zero-order valence-electron chi connectivity index (χ0n) is 18.2. The van der Waals surface area contributed by atoms with E-state index in [4.69, 9.17) is 26.8 Å². The molecule has 1 aliphatic rings. The van der Waals surface area contributed by atoms with Crippen LogP contribution in [0.5, 0.6) is 0 Å². The summed E-state index contributed by atoms with van der Waals surface area (Å²) in [6, 6.07) is 7.33. The number of ether oxygens (including phenoxy) is 2. The lowest BCUT2D eigenvalue weighted by atomic mass is 9.98. The summed E-state index contributed by atoms with van der Waals surface area (Å²) in [5.41, 5.74) is 9.66. The van der Waals surface area contributed by atoms with Crippen molar-refractivity contribution < 1.29 is 19.1 Å². The Morgan fingerprint density at radius 2 is 1.84 bits per heavy atom. The van der Waals surface area contributed by atoms with Gasteiger partial charge in [-0.1, -0.05) is 23.7 Å². The number of esters is 1. The van der Waals surface area contributed by atoms with E-state index in [0.717, 1.165) is 68.3 Å². The number of halogens is 1. The molecule has 7 nitrogen and oxygen atoms in total. The average Bonchev–Trinajstić information content (AvgIpc) is 3.05. The second-order valence-electron chi connectivity index (χ2n) is 7.69. The molecule has 2 heterocycles. The van der Waals surface area contributed by atoms with Gasteiger partial charge in [0.25, 0.3) is 5.91 Å². The first-order valence-electron chi connectivity index (χ1n) is 10.6. The van der Waals surface area contributed by atoms with Crippen molar-refractivity contribution in [2.24, 2.45) is 5.73 Å². The molecule has 31 heavy (non-hydrogen) atoms. The highest BCUT2D eigenvalue weighted by Crippen LogP contribution is 2.34. The van der Waals surface area contributed by atoms with Gasteiger partial charge in [0.2, 0.25) is 0 Å².